The molecule has 0 radical (unpaired) electrons. The Labute approximate surface area is 114 Å². The molecule has 1 aromatic carbocycles. The van der Waals surface area contributed by atoms with Crippen LogP contribution in [-0.4, -0.2) is 10.5 Å². The van der Waals surface area contributed by atoms with Crippen molar-refractivity contribution < 1.29 is 20.3 Å². The van der Waals surface area contributed by atoms with Crippen molar-refractivity contribution in [3.8, 4) is 0 Å². The lowest BCUT2D eigenvalue weighted by molar-refractivity contribution is -0.320. The van der Waals surface area contributed by atoms with Gasteiger partial charge in [0.1, 0.15) is 11.2 Å². The zero-order valence-corrected chi connectivity index (χ0v) is 12.5. The molecular weight excluding hydrogens is 244 g/mol. The van der Waals surface area contributed by atoms with Gasteiger partial charge in [0.25, 0.3) is 0 Å². The average molecular weight is 268 g/mol. The molecule has 0 fully saturated rings. The van der Waals surface area contributed by atoms with E-state index in [4.69, 9.17) is 10.5 Å². The van der Waals surface area contributed by atoms with Crippen molar-refractivity contribution in [1.29, 1.82) is 0 Å². The summed E-state index contributed by atoms with van der Waals surface area (Å²) in [5.74, 6) is 0.322. The summed E-state index contributed by atoms with van der Waals surface area (Å²) in [7, 11) is 0. The van der Waals surface area contributed by atoms with Gasteiger partial charge in [0, 0.05) is 0 Å². The largest absolute Gasteiger partial charge is 0.251 e. The second kappa shape index (κ2) is 5.59. The molecule has 108 valence electrons. The summed E-state index contributed by atoms with van der Waals surface area (Å²) in [6.45, 7) is 11.3. The van der Waals surface area contributed by atoms with Gasteiger partial charge >= 0.3 is 0 Å². The maximum absolute atomic E-state index is 9.05. The highest BCUT2D eigenvalue weighted by Gasteiger charge is 2.28. The highest BCUT2D eigenvalue weighted by Crippen LogP contribution is 2.33. The zero-order chi connectivity index (χ0) is 14.8. The van der Waals surface area contributed by atoms with Crippen LogP contribution in [0.1, 0.15) is 64.2 Å². The predicted molar refractivity (Wildman–Crippen MR) is 74.0 cm³/mol. The molecule has 2 N–H and O–H groups in total. The second-order valence-corrected chi connectivity index (χ2v) is 6.20. The first-order valence-corrected chi connectivity index (χ1v) is 6.45. The van der Waals surface area contributed by atoms with E-state index in [0.717, 1.165) is 16.7 Å². The van der Waals surface area contributed by atoms with Crippen LogP contribution in [0.2, 0.25) is 0 Å². The molecule has 1 rings (SSSR count). The van der Waals surface area contributed by atoms with Crippen LogP contribution in [0.5, 0.6) is 0 Å². The first kappa shape index (κ1) is 16.1. The maximum atomic E-state index is 9.05. The molecule has 0 saturated carbocycles. The van der Waals surface area contributed by atoms with Crippen LogP contribution < -0.4 is 0 Å². The molecule has 0 spiro atoms. The van der Waals surface area contributed by atoms with Crippen molar-refractivity contribution in [2.45, 2.75) is 58.7 Å². The van der Waals surface area contributed by atoms with E-state index >= 15 is 0 Å². The van der Waals surface area contributed by atoms with Crippen molar-refractivity contribution in [2.24, 2.45) is 0 Å². The van der Waals surface area contributed by atoms with E-state index < -0.39 is 11.2 Å². The van der Waals surface area contributed by atoms with Crippen molar-refractivity contribution >= 4 is 0 Å². The smallest absolute Gasteiger partial charge is 0.123 e. The monoisotopic (exact) mass is 268 g/mol. The van der Waals surface area contributed by atoms with E-state index in [2.05, 4.69) is 23.6 Å². The molecule has 0 amide bonds. The molecule has 0 aliphatic rings. The SMILES string of the molecule is CC(C)c1cc(C(C)(C)OO)cc(C(C)(C)OO)c1. The second-order valence-electron chi connectivity index (χ2n) is 6.20. The minimum Gasteiger partial charge on any atom is -0.251 e. The Kier molecular flexibility index (Phi) is 4.74. The fourth-order valence-electron chi connectivity index (χ4n) is 1.79. The molecule has 19 heavy (non-hydrogen) atoms. The molecule has 0 atom stereocenters. The zero-order valence-electron chi connectivity index (χ0n) is 12.5. The van der Waals surface area contributed by atoms with Crippen LogP contribution in [0.3, 0.4) is 0 Å². The van der Waals surface area contributed by atoms with Crippen LogP contribution in [0.15, 0.2) is 18.2 Å². The normalized spacial score (nSPS) is 13.1. The first-order valence-electron chi connectivity index (χ1n) is 6.45. The molecule has 0 bridgehead atoms. The molecule has 0 saturated heterocycles. The number of rotatable bonds is 5. The summed E-state index contributed by atoms with van der Waals surface area (Å²) < 4.78 is 0. The van der Waals surface area contributed by atoms with E-state index in [1.165, 1.54) is 0 Å². The fourth-order valence-corrected chi connectivity index (χ4v) is 1.79. The lowest BCUT2D eigenvalue weighted by Crippen LogP contribution is -2.24. The van der Waals surface area contributed by atoms with Crippen LogP contribution in [-0.2, 0) is 21.0 Å². The van der Waals surface area contributed by atoms with Crippen LogP contribution in [0.25, 0.3) is 0 Å². The summed E-state index contributed by atoms with van der Waals surface area (Å²) >= 11 is 0. The minimum absolute atomic E-state index is 0.322. The van der Waals surface area contributed by atoms with Gasteiger partial charge in [-0.2, -0.15) is 0 Å². The summed E-state index contributed by atoms with van der Waals surface area (Å²) in [5, 5.41) is 18.1. The number of benzene rings is 1. The lowest BCUT2D eigenvalue weighted by Gasteiger charge is -2.27. The average Bonchev–Trinajstić information content (AvgIpc) is 2.38. The Balaban J connectivity index is 3.43. The van der Waals surface area contributed by atoms with Crippen molar-refractivity contribution in [3.05, 3.63) is 34.9 Å². The Morgan fingerprint density at radius 3 is 1.47 bits per heavy atom. The Hall–Kier alpha value is -0.940. The fraction of sp³-hybridized carbons (Fsp3) is 0.600. The number of hydrogen-bond donors (Lipinski definition) is 2. The molecule has 4 nitrogen and oxygen atoms in total. The Bertz CT molecular complexity index is 402. The van der Waals surface area contributed by atoms with Gasteiger partial charge in [0.2, 0.25) is 0 Å². The van der Waals surface area contributed by atoms with E-state index in [9.17, 15) is 0 Å². The van der Waals surface area contributed by atoms with Gasteiger partial charge in [0.05, 0.1) is 0 Å². The first-order chi connectivity index (χ1) is 8.64. The van der Waals surface area contributed by atoms with Gasteiger partial charge < -0.3 is 0 Å². The molecule has 1 aromatic rings. The van der Waals surface area contributed by atoms with E-state index in [0.29, 0.717) is 5.92 Å². The third-order valence-corrected chi connectivity index (χ3v) is 3.47. The Morgan fingerprint density at radius 2 is 1.21 bits per heavy atom. The highest BCUT2D eigenvalue weighted by molar-refractivity contribution is 5.37. The van der Waals surface area contributed by atoms with Gasteiger partial charge in [-0.25, -0.2) is 9.78 Å². The van der Waals surface area contributed by atoms with Crippen molar-refractivity contribution in [3.63, 3.8) is 0 Å². The van der Waals surface area contributed by atoms with E-state index in [1.54, 1.807) is 27.7 Å². The van der Waals surface area contributed by atoms with Crippen LogP contribution in [0, 0.1) is 0 Å². The summed E-state index contributed by atoms with van der Waals surface area (Å²) in [6, 6.07) is 5.87. The molecule has 0 aliphatic heterocycles. The highest BCUT2D eigenvalue weighted by atomic mass is 17.1. The number of hydrogen-bond acceptors (Lipinski definition) is 4. The van der Waals surface area contributed by atoms with Crippen molar-refractivity contribution in [2.75, 3.05) is 0 Å². The van der Waals surface area contributed by atoms with Gasteiger partial charge in [-0.1, -0.05) is 26.0 Å². The maximum Gasteiger partial charge on any atom is 0.123 e. The van der Waals surface area contributed by atoms with Gasteiger partial charge in [-0.15, -0.1) is 0 Å². The molecule has 0 aliphatic carbocycles. The Morgan fingerprint density at radius 1 is 0.842 bits per heavy atom. The van der Waals surface area contributed by atoms with Gasteiger partial charge in [0.15, 0.2) is 0 Å². The van der Waals surface area contributed by atoms with Gasteiger partial charge in [-0.05, 0) is 56.4 Å². The molecule has 0 unspecified atom stereocenters. The lowest BCUT2D eigenvalue weighted by atomic mass is 9.86. The standard InChI is InChI=1S/C15H24O4/c1-10(2)11-7-12(14(3,4)18-16)9-13(8-11)15(5,6)19-17/h7-10,16-17H,1-6H3. The van der Waals surface area contributed by atoms with Crippen molar-refractivity contribution in [1.82, 2.24) is 0 Å². The molecule has 0 heterocycles. The molecular formula is C15H24O4. The quantitative estimate of drug-likeness (QED) is 0.619. The summed E-state index contributed by atoms with van der Waals surface area (Å²) in [5.41, 5.74) is 1.14. The topological polar surface area (TPSA) is 58.9 Å². The van der Waals surface area contributed by atoms with Gasteiger partial charge in [-0.3, -0.25) is 10.5 Å². The predicted octanol–water partition coefficient (Wildman–Crippen LogP) is 4.26. The van der Waals surface area contributed by atoms with E-state index in [1.807, 2.05) is 18.2 Å². The van der Waals surface area contributed by atoms with Crippen LogP contribution in [0.4, 0.5) is 0 Å². The molecule has 0 aromatic heterocycles. The van der Waals surface area contributed by atoms with E-state index in [-0.39, 0.29) is 0 Å². The summed E-state index contributed by atoms with van der Waals surface area (Å²) in [4.78, 5) is 9.11. The summed E-state index contributed by atoms with van der Waals surface area (Å²) in [6.07, 6.45) is 0. The third-order valence-electron chi connectivity index (χ3n) is 3.47. The molecule has 4 heteroatoms. The van der Waals surface area contributed by atoms with Crippen LogP contribution >= 0.6 is 0 Å². The third kappa shape index (κ3) is 3.54. The minimum atomic E-state index is -0.814.